The molecule has 0 radical (unpaired) electrons. The zero-order chi connectivity index (χ0) is 19.3. The van der Waals surface area contributed by atoms with E-state index in [9.17, 15) is 27.5 Å². The molecule has 0 saturated heterocycles. The lowest BCUT2D eigenvalue weighted by atomic mass is 10.0. The van der Waals surface area contributed by atoms with Crippen molar-refractivity contribution in [1.29, 1.82) is 0 Å². The lowest BCUT2D eigenvalue weighted by Gasteiger charge is -2.17. The van der Waals surface area contributed by atoms with Crippen LogP contribution in [0.25, 0.3) is 5.57 Å². The molecule has 2 rings (SSSR count). The van der Waals surface area contributed by atoms with Gasteiger partial charge in [-0.25, -0.2) is 4.79 Å². The predicted molar refractivity (Wildman–Crippen MR) is 85.8 cm³/mol. The van der Waals surface area contributed by atoms with Crippen LogP contribution in [0.15, 0.2) is 54.6 Å². The van der Waals surface area contributed by atoms with E-state index in [1.54, 1.807) is 19.1 Å². The van der Waals surface area contributed by atoms with Crippen molar-refractivity contribution < 1.29 is 36.9 Å². The van der Waals surface area contributed by atoms with Crippen molar-refractivity contribution >= 4 is 11.5 Å². The molecule has 0 saturated carbocycles. The van der Waals surface area contributed by atoms with Crippen LogP contribution in [0.4, 0.5) is 17.6 Å². The third-order valence-corrected chi connectivity index (χ3v) is 3.24. The molecule has 0 amide bonds. The highest BCUT2D eigenvalue weighted by Gasteiger charge is 2.44. The maximum absolute atomic E-state index is 13.0. The summed E-state index contributed by atoms with van der Waals surface area (Å²) in [5, 5.41) is 9.24. The smallest absolute Gasteiger partial charge is 0.461 e. The molecule has 0 atom stereocenters. The monoisotopic (exact) mass is 370 g/mol. The second-order valence-electron chi connectivity index (χ2n) is 5.05. The summed E-state index contributed by atoms with van der Waals surface area (Å²) in [5.41, 5.74) is 0.254. The Hall–Kier alpha value is -3.03. The van der Waals surface area contributed by atoms with Crippen molar-refractivity contribution in [2.45, 2.75) is 19.5 Å². The number of carboxylic acid groups (broad SMARTS) is 1. The number of rotatable bonds is 7. The number of carboxylic acids is 1. The van der Waals surface area contributed by atoms with E-state index in [0.29, 0.717) is 0 Å². The topological polar surface area (TPSA) is 55.8 Å². The van der Waals surface area contributed by atoms with Crippen LogP contribution in [0.2, 0.25) is 0 Å². The number of hydrogen-bond acceptors (Lipinski definition) is 3. The van der Waals surface area contributed by atoms with Gasteiger partial charge in [-0.3, -0.25) is 0 Å². The summed E-state index contributed by atoms with van der Waals surface area (Å²) in [4.78, 5) is 11.3. The average molecular weight is 370 g/mol. The zero-order valence-corrected chi connectivity index (χ0v) is 13.5. The minimum absolute atomic E-state index is 0.0147. The summed E-state index contributed by atoms with van der Waals surface area (Å²) in [6, 6.07) is 11.0. The highest BCUT2D eigenvalue weighted by molar-refractivity contribution is 6.16. The molecule has 26 heavy (non-hydrogen) atoms. The third kappa shape index (κ3) is 4.53. The van der Waals surface area contributed by atoms with Crippen molar-refractivity contribution in [3.05, 3.63) is 60.2 Å². The summed E-state index contributed by atoms with van der Waals surface area (Å²) in [6.07, 6.45) is -7.24. The first-order chi connectivity index (χ1) is 12.2. The molecule has 1 N–H and O–H groups in total. The number of aliphatic carboxylic acids is 1. The predicted octanol–water partition coefficient (Wildman–Crippen LogP) is 5.20. The molecule has 138 valence electrons. The van der Waals surface area contributed by atoms with Crippen LogP contribution >= 0.6 is 0 Å². The van der Waals surface area contributed by atoms with Crippen LogP contribution in [0.3, 0.4) is 0 Å². The summed E-state index contributed by atoms with van der Waals surface area (Å²) < 4.78 is 60.0. The highest BCUT2D eigenvalue weighted by Crippen LogP contribution is 2.34. The van der Waals surface area contributed by atoms with E-state index in [2.05, 4.69) is 4.74 Å². The molecule has 2 aromatic rings. The molecule has 0 aromatic heterocycles. The van der Waals surface area contributed by atoms with Gasteiger partial charge in [-0.15, -0.1) is 0 Å². The van der Waals surface area contributed by atoms with Gasteiger partial charge in [0.2, 0.25) is 0 Å². The molecule has 8 heteroatoms. The van der Waals surface area contributed by atoms with Gasteiger partial charge in [-0.1, -0.05) is 30.3 Å². The molecule has 0 aliphatic heterocycles. The van der Waals surface area contributed by atoms with Gasteiger partial charge in [0.05, 0.1) is 5.57 Å². The van der Waals surface area contributed by atoms with E-state index < -0.39 is 24.3 Å². The minimum Gasteiger partial charge on any atom is -0.478 e. The van der Waals surface area contributed by atoms with Crippen LogP contribution in [0, 0.1) is 0 Å². The molecule has 0 aliphatic carbocycles. The number of hydrogen-bond donors (Lipinski definition) is 1. The fraction of sp³-hybridized carbons (Fsp3) is 0.167. The number of para-hydroxylation sites is 1. The normalized spacial score (nSPS) is 12.2. The fourth-order valence-corrected chi connectivity index (χ4v) is 2.10. The number of halogens is 4. The van der Waals surface area contributed by atoms with Gasteiger partial charge in [0.1, 0.15) is 17.2 Å². The van der Waals surface area contributed by atoms with E-state index in [4.69, 9.17) is 4.74 Å². The zero-order valence-electron chi connectivity index (χ0n) is 13.5. The summed E-state index contributed by atoms with van der Waals surface area (Å²) in [5.74, 6) is -1.52. The van der Waals surface area contributed by atoms with Gasteiger partial charge in [0.25, 0.3) is 0 Å². The Bertz CT molecular complexity index is 818. The Labute approximate surface area is 146 Å². The molecule has 0 unspecified atom stereocenters. The van der Waals surface area contributed by atoms with Gasteiger partial charge in [0.15, 0.2) is 0 Å². The minimum atomic E-state index is -4.64. The second-order valence-corrected chi connectivity index (χ2v) is 5.05. The summed E-state index contributed by atoms with van der Waals surface area (Å²) in [6.45, 7) is 1.54. The van der Waals surface area contributed by atoms with E-state index >= 15 is 0 Å². The Balaban J connectivity index is 2.31. The van der Waals surface area contributed by atoms with Crippen LogP contribution in [-0.4, -0.2) is 23.6 Å². The number of carbonyl (C=O) groups is 1. The van der Waals surface area contributed by atoms with Gasteiger partial charge in [-0.05, 0) is 25.1 Å². The Morgan fingerprint density at radius 1 is 1.12 bits per heavy atom. The molecule has 0 heterocycles. The molecular weight excluding hydrogens is 356 g/mol. The first-order valence-corrected chi connectivity index (χ1v) is 7.36. The third-order valence-electron chi connectivity index (χ3n) is 3.24. The molecule has 0 bridgehead atoms. The molecule has 0 spiro atoms. The van der Waals surface area contributed by atoms with Crippen molar-refractivity contribution in [3.8, 4) is 17.2 Å². The second kappa shape index (κ2) is 7.90. The van der Waals surface area contributed by atoms with Gasteiger partial charge in [0, 0.05) is 11.6 Å². The molecule has 4 nitrogen and oxygen atoms in total. The van der Waals surface area contributed by atoms with Gasteiger partial charge >= 0.3 is 18.5 Å². The number of alkyl halides is 4. The van der Waals surface area contributed by atoms with Crippen molar-refractivity contribution in [3.63, 3.8) is 0 Å². The van der Waals surface area contributed by atoms with Gasteiger partial charge in [-0.2, -0.15) is 17.6 Å². The summed E-state index contributed by atoms with van der Waals surface area (Å²) >= 11 is 0. The summed E-state index contributed by atoms with van der Waals surface area (Å²) in [7, 11) is 0. The van der Waals surface area contributed by atoms with E-state index in [1.165, 1.54) is 30.3 Å². The Morgan fingerprint density at radius 2 is 1.77 bits per heavy atom. The standard InChI is InChI=1S/C18H14F4O4/c1-2-13(16(23)24)14-8-3-4-9-15(14)25-11-6-5-7-12(10-11)26-18(21,22)17(19)20/h2-10,17H,1H3,(H,23,24)/b13-2+. The van der Waals surface area contributed by atoms with Crippen molar-refractivity contribution in [1.82, 2.24) is 0 Å². The lowest BCUT2D eigenvalue weighted by molar-refractivity contribution is -0.253. The van der Waals surface area contributed by atoms with Crippen LogP contribution in [-0.2, 0) is 4.79 Å². The van der Waals surface area contributed by atoms with Crippen LogP contribution in [0.5, 0.6) is 17.2 Å². The first-order valence-electron chi connectivity index (χ1n) is 7.36. The maximum atomic E-state index is 13.0. The fourth-order valence-electron chi connectivity index (χ4n) is 2.10. The number of allylic oxidation sites excluding steroid dienone is 1. The van der Waals surface area contributed by atoms with Crippen LogP contribution in [0.1, 0.15) is 12.5 Å². The lowest BCUT2D eigenvalue weighted by Crippen LogP contribution is -2.33. The molecule has 2 aromatic carbocycles. The van der Waals surface area contributed by atoms with Crippen molar-refractivity contribution in [2.24, 2.45) is 0 Å². The SMILES string of the molecule is C/C=C(/C(=O)O)c1ccccc1Oc1cccc(OC(F)(F)C(F)F)c1. The largest absolute Gasteiger partial charge is 0.478 e. The molecule has 0 aliphatic rings. The average Bonchev–Trinajstić information content (AvgIpc) is 2.56. The van der Waals surface area contributed by atoms with Crippen molar-refractivity contribution in [2.75, 3.05) is 0 Å². The van der Waals surface area contributed by atoms with E-state index in [0.717, 1.165) is 12.1 Å². The van der Waals surface area contributed by atoms with E-state index in [1.807, 2.05) is 0 Å². The number of benzene rings is 2. The van der Waals surface area contributed by atoms with Crippen LogP contribution < -0.4 is 9.47 Å². The Kier molecular flexibility index (Phi) is 5.86. The quantitative estimate of drug-likeness (QED) is 0.537. The molecule has 0 fully saturated rings. The number of ether oxygens (including phenoxy) is 2. The molecular formula is C18H14F4O4. The van der Waals surface area contributed by atoms with Gasteiger partial charge < -0.3 is 14.6 Å². The maximum Gasteiger partial charge on any atom is 0.461 e. The first kappa shape index (κ1) is 19.3. The van der Waals surface area contributed by atoms with E-state index in [-0.39, 0.29) is 22.6 Å². The highest BCUT2D eigenvalue weighted by atomic mass is 19.3. The Morgan fingerprint density at radius 3 is 2.38 bits per heavy atom.